The summed E-state index contributed by atoms with van der Waals surface area (Å²) in [6.07, 6.45) is 3.68. The largest absolute Gasteiger partial charge is 0.388 e. The van der Waals surface area contributed by atoms with Gasteiger partial charge in [-0.05, 0) is 32.6 Å². The quantitative estimate of drug-likeness (QED) is 0.438. The van der Waals surface area contributed by atoms with Crippen LogP contribution in [0.3, 0.4) is 0 Å². The summed E-state index contributed by atoms with van der Waals surface area (Å²) in [5.74, 6) is 0.822. The third-order valence-electron chi connectivity index (χ3n) is 4.73. The fourth-order valence-corrected chi connectivity index (χ4v) is 2.73. The number of nitrogens with one attached hydrogen (secondary N) is 2. The van der Waals surface area contributed by atoms with E-state index in [-0.39, 0.29) is 0 Å². The normalized spacial score (nSPS) is 18.2. The Balaban J connectivity index is 2.47. The molecule has 0 unspecified atom stereocenters. The van der Waals surface area contributed by atoms with E-state index in [0.29, 0.717) is 12.6 Å². The zero-order valence-corrected chi connectivity index (χ0v) is 15.4. The van der Waals surface area contributed by atoms with Crippen molar-refractivity contribution in [3.05, 3.63) is 0 Å². The fourth-order valence-electron chi connectivity index (χ4n) is 2.73. The van der Waals surface area contributed by atoms with Gasteiger partial charge in [-0.1, -0.05) is 13.8 Å². The van der Waals surface area contributed by atoms with Crippen molar-refractivity contribution in [3.8, 4) is 0 Å². The van der Waals surface area contributed by atoms with Gasteiger partial charge in [0, 0.05) is 39.3 Å². The second-order valence-electron chi connectivity index (χ2n) is 6.38. The fraction of sp³-hybridized carbons (Fsp3) is 0.941. The number of hydrogen-bond acceptors (Lipinski definition) is 4. The Hall–Kier alpha value is -0.850. The summed E-state index contributed by atoms with van der Waals surface area (Å²) in [6, 6.07) is 0.447. The summed E-state index contributed by atoms with van der Waals surface area (Å²) in [5, 5.41) is 17.2. The number of guanidine groups is 1. The molecule has 0 atom stereocenters. The van der Waals surface area contributed by atoms with Gasteiger partial charge in [-0.3, -0.25) is 4.99 Å². The van der Waals surface area contributed by atoms with E-state index in [0.717, 1.165) is 64.4 Å². The van der Waals surface area contributed by atoms with E-state index in [2.05, 4.69) is 27.4 Å². The number of piperidine rings is 1. The van der Waals surface area contributed by atoms with Crippen molar-refractivity contribution in [2.75, 3.05) is 46.4 Å². The first-order valence-electron chi connectivity index (χ1n) is 9.05. The molecule has 0 amide bonds. The average molecular weight is 329 g/mol. The Morgan fingerprint density at radius 1 is 1.26 bits per heavy atom. The highest BCUT2D eigenvalue weighted by Crippen LogP contribution is 2.15. The number of hydrogen-bond donors (Lipinski definition) is 3. The molecule has 1 aliphatic heterocycles. The predicted octanol–water partition coefficient (Wildman–Crippen LogP) is 1.20. The predicted molar refractivity (Wildman–Crippen MR) is 96.0 cm³/mol. The summed E-state index contributed by atoms with van der Waals surface area (Å²) >= 11 is 0. The first-order valence-corrected chi connectivity index (χ1v) is 9.05. The van der Waals surface area contributed by atoms with Crippen molar-refractivity contribution in [3.63, 3.8) is 0 Å². The molecular formula is C17H36N4O2. The van der Waals surface area contributed by atoms with Gasteiger partial charge in [0.05, 0.1) is 18.8 Å². The maximum atomic E-state index is 10.4. The minimum absolute atomic E-state index is 0.446. The number of aliphatic imine (C=N–C) groups is 1. The van der Waals surface area contributed by atoms with E-state index in [1.165, 1.54) is 0 Å². The number of aliphatic hydroxyl groups is 1. The van der Waals surface area contributed by atoms with Gasteiger partial charge in [-0.15, -0.1) is 0 Å². The van der Waals surface area contributed by atoms with Crippen LogP contribution in [0.4, 0.5) is 0 Å². The molecule has 1 saturated heterocycles. The zero-order valence-electron chi connectivity index (χ0n) is 15.4. The zero-order chi connectivity index (χ0) is 17.1. The number of nitrogens with zero attached hydrogens (tertiary/aromatic N) is 2. The van der Waals surface area contributed by atoms with Crippen molar-refractivity contribution in [2.24, 2.45) is 4.99 Å². The molecule has 136 valence electrons. The monoisotopic (exact) mass is 328 g/mol. The van der Waals surface area contributed by atoms with Gasteiger partial charge in [0.2, 0.25) is 0 Å². The Morgan fingerprint density at radius 3 is 2.43 bits per heavy atom. The van der Waals surface area contributed by atoms with Gasteiger partial charge >= 0.3 is 0 Å². The van der Waals surface area contributed by atoms with Crippen LogP contribution in [0.1, 0.15) is 46.5 Å². The molecule has 6 nitrogen and oxygen atoms in total. The summed E-state index contributed by atoms with van der Waals surface area (Å²) in [6.45, 7) is 11.4. The van der Waals surface area contributed by atoms with Crippen molar-refractivity contribution in [1.82, 2.24) is 15.5 Å². The number of methoxy groups -OCH3 is 1. The molecule has 0 radical (unpaired) electrons. The van der Waals surface area contributed by atoms with E-state index >= 15 is 0 Å². The molecule has 0 saturated carbocycles. The lowest BCUT2D eigenvalue weighted by Gasteiger charge is -2.33. The third kappa shape index (κ3) is 7.50. The van der Waals surface area contributed by atoms with Crippen LogP contribution in [0.15, 0.2) is 4.99 Å². The third-order valence-corrected chi connectivity index (χ3v) is 4.73. The highest BCUT2D eigenvalue weighted by atomic mass is 16.5. The number of likely N-dealkylation sites (tertiary alicyclic amines) is 1. The molecule has 1 aliphatic rings. The van der Waals surface area contributed by atoms with E-state index < -0.39 is 5.60 Å². The summed E-state index contributed by atoms with van der Waals surface area (Å²) in [5.41, 5.74) is -0.689. The highest BCUT2D eigenvalue weighted by Gasteiger charge is 2.23. The Labute approximate surface area is 141 Å². The lowest BCUT2D eigenvalue weighted by molar-refractivity contribution is 0.0417. The second kappa shape index (κ2) is 10.8. The number of rotatable bonds is 9. The maximum absolute atomic E-state index is 10.4. The van der Waals surface area contributed by atoms with Gasteiger partial charge in [0.1, 0.15) is 0 Å². The molecule has 1 fully saturated rings. The highest BCUT2D eigenvalue weighted by molar-refractivity contribution is 5.80. The summed E-state index contributed by atoms with van der Waals surface area (Å²) < 4.78 is 5.14. The van der Waals surface area contributed by atoms with Crippen LogP contribution in [0.2, 0.25) is 0 Å². The van der Waals surface area contributed by atoms with Crippen LogP contribution in [0.25, 0.3) is 0 Å². The lowest BCUT2D eigenvalue weighted by Crippen LogP contribution is -2.49. The van der Waals surface area contributed by atoms with Crippen LogP contribution in [0.5, 0.6) is 0 Å². The topological polar surface area (TPSA) is 69.1 Å². The van der Waals surface area contributed by atoms with Gasteiger partial charge in [-0.2, -0.15) is 0 Å². The maximum Gasteiger partial charge on any atom is 0.191 e. The minimum atomic E-state index is -0.689. The molecule has 1 rings (SSSR count). The van der Waals surface area contributed by atoms with Crippen LogP contribution < -0.4 is 10.6 Å². The molecule has 0 aromatic carbocycles. The molecule has 0 bridgehead atoms. The molecule has 3 N–H and O–H groups in total. The number of ether oxygens (including phenoxy) is 1. The van der Waals surface area contributed by atoms with Gasteiger partial charge in [-0.25, -0.2) is 0 Å². The van der Waals surface area contributed by atoms with Crippen molar-refractivity contribution in [2.45, 2.75) is 58.1 Å². The molecule has 0 aromatic rings. The molecule has 0 aromatic heterocycles. The molecular weight excluding hydrogens is 292 g/mol. The molecule has 1 heterocycles. The molecule has 0 spiro atoms. The summed E-state index contributed by atoms with van der Waals surface area (Å²) in [4.78, 5) is 7.04. The SMILES string of the molecule is CCNC(=NCC(O)(CC)CC)NC1CCN(CCOC)CC1. The Morgan fingerprint density at radius 2 is 1.91 bits per heavy atom. The van der Waals surface area contributed by atoms with Crippen molar-refractivity contribution >= 4 is 5.96 Å². The first-order chi connectivity index (χ1) is 11.1. The smallest absolute Gasteiger partial charge is 0.191 e. The van der Waals surface area contributed by atoms with E-state index in [4.69, 9.17) is 4.74 Å². The first kappa shape index (κ1) is 20.2. The Kier molecular flexibility index (Phi) is 9.52. The standard InChI is InChI=1S/C17H36N4O2/c1-5-17(22,6-2)14-19-16(18-7-3)20-15-8-10-21(11-9-15)12-13-23-4/h15,22H,5-14H2,1-4H3,(H2,18,19,20). The van der Waals surface area contributed by atoms with Crippen LogP contribution >= 0.6 is 0 Å². The molecule has 23 heavy (non-hydrogen) atoms. The van der Waals surface area contributed by atoms with Crippen molar-refractivity contribution < 1.29 is 9.84 Å². The van der Waals surface area contributed by atoms with Crippen LogP contribution in [0, 0.1) is 0 Å². The summed E-state index contributed by atoms with van der Waals surface area (Å²) in [7, 11) is 1.75. The van der Waals surface area contributed by atoms with Gasteiger partial charge < -0.3 is 25.4 Å². The average Bonchev–Trinajstić information content (AvgIpc) is 2.59. The van der Waals surface area contributed by atoms with Gasteiger partial charge in [0.25, 0.3) is 0 Å². The van der Waals surface area contributed by atoms with E-state index in [1.54, 1.807) is 7.11 Å². The van der Waals surface area contributed by atoms with Crippen LogP contribution in [-0.2, 0) is 4.74 Å². The van der Waals surface area contributed by atoms with Gasteiger partial charge in [0.15, 0.2) is 5.96 Å². The van der Waals surface area contributed by atoms with Crippen molar-refractivity contribution in [1.29, 1.82) is 0 Å². The second-order valence-corrected chi connectivity index (χ2v) is 6.38. The molecule has 0 aliphatic carbocycles. The van der Waals surface area contributed by atoms with E-state index in [9.17, 15) is 5.11 Å². The minimum Gasteiger partial charge on any atom is -0.388 e. The molecule has 6 heteroatoms. The Bertz CT molecular complexity index is 337. The lowest BCUT2D eigenvalue weighted by atomic mass is 9.98. The van der Waals surface area contributed by atoms with E-state index in [1.807, 2.05) is 13.8 Å². The van der Waals surface area contributed by atoms with Crippen LogP contribution in [-0.4, -0.2) is 74.0 Å².